The van der Waals surface area contributed by atoms with Gasteiger partial charge < -0.3 is 14.9 Å². The summed E-state index contributed by atoms with van der Waals surface area (Å²) in [5.41, 5.74) is 0.649. The van der Waals surface area contributed by atoms with Crippen LogP contribution in [0.25, 0.3) is 0 Å². The largest absolute Gasteiger partial charge is 0.459 e. The standard InChI is InChI=1S/C15H22BN2O2/c1-15(2,3)20-14(19)13-11-17-9-10-18(13)16-12-7-5-4-6-8-12/h4-8,13,17H,9-11H2,1-3H3. The molecule has 1 N–H and O–H groups in total. The molecule has 0 saturated carbocycles. The van der Waals surface area contributed by atoms with Gasteiger partial charge in [-0.1, -0.05) is 35.8 Å². The molecule has 0 aliphatic carbocycles. The number of piperazine rings is 1. The van der Waals surface area contributed by atoms with Crippen LogP contribution in [0.4, 0.5) is 0 Å². The van der Waals surface area contributed by atoms with Gasteiger partial charge in [-0.25, -0.2) is 0 Å². The minimum atomic E-state index is -0.451. The van der Waals surface area contributed by atoms with Crippen molar-refractivity contribution in [3.63, 3.8) is 0 Å². The Morgan fingerprint density at radius 1 is 1.35 bits per heavy atom. The second-order valence-electron chi connectivity index (χ2n) is 6.03. The number of hydrogen-bond donors (Lipinski definition) is 1. The molecular formula is C15H22BN2O2. The molecule has 1 fully saturated rings. The van der Waals surface area contributed by atoms with Crippen molar-refractivity contribution in [1.82, 2.24) is 10.1 Å². The third-order valence-corrected chi connectivity index (χ3v) is 3.08. The summed E-state index contributed by atoms with van der Waals surface area (Å²) in [7, 11) is 2.04. The van der Waals surface area contributed by atoms with Crippen LogP contribution in [0.2, 0.25) is 0 Å². The maximum absolute atomic E-state index is 12.3. The van der Waals surface area contributed by atoms with Crippen molar-refractivity contribution in [3.8, 4) is 0 Å². The number of ether oxygens (including phenoxy) is 1. The second kappa shape index (κ2) is 6.42. The van der Waals surface area contributed by atoms with Crippen molar-refractivity contribution in [3.05, 3.63) is 30.3 Å². The van der Waals surface area contributed by atoms with Gasteiger partial charge in [0.15, 0.2) is 0 Å². The summed E-state index contributed by atoms with van der Waals surface area (Å²) in [5.74, 6) is -0.170. The van der Waals surface area contributed by atoms with E-state index in [1.807, 2.05) is 58.5 Å². The Hall–Kier alpha value is -1.33. The molecule has 20 heavy (non-hydrogen) atoms. The first-order valence-corrected chi connectivity index (χ1v) is 7.05. The number of esters is 1. The van der Waals surface area contributed by atoms with E-state index in [2.05, 4.69) is 10.1 Å². The number of carbonyl (C=O) groups excluding carboxylic acids is 1. The van der Waals surface area contributed by atoms with Crippen LogP contribution in [0, 0.1) is 0 Å². The molecule has 1 saturated heterocycles. The van der Waals surface area contributed by atoms with Gasteiger partial charge in [-0.2, -0.15) is 0 Å². The van der Waals surface area contributed by atoms with E-state index in [1.165, 1.54) is 0 Å². The topological polar surface area (TPSA) is 41.6 Å². The van der Waals surface area contributed by atoms with E-state index in [0.717, 1.165) is 18.6 Å². The zero-order chi connectivity index (χ0) is 14.6. The second-order valence-corrected chi connectivity index (χ2v) is 6.03. The summed E-state index contributed by atoms with van der Waals surface area (Å²) >= 11 is 0. The van der Waals surface area contributed by atoms with Crippen LogP contribution in [-0.4, -0.2) is 49.5 Å². The molecule has 5 heteroatoms. The van der Waals surface area contributed by atoms with Crippen molar-refractivity contribution in [2.45, 2.75) is 32.4 Å². The van der Waals surface area contributed by atoms with Crippen LogP contribution in [-0.2, 0) is 9.53 Å². The van der Waals surface area contributed by atoms with Gasteiger partial charge in [0.05, 0.1) is 0 Å². The Kier molecular flexibility index (Phi) is 4.84. The normalized spacial score (nSPS) is 20.4. The zero-order valence-electron chi connectivity index (χ0n) is 12.4. The predicted molar refractivity (Wildman–Crippen MR) is 81.0 cm³/mol. The monoisotopic (exact) mass is 273 g/mol. The maximum atomic E-state index is 12.3. The fourth-order valence-corrected chi connectivity index (χ4v) is 2.19. The first-order chi connectivity index (χ1) is 9.46. The summed E-state index contributed by atoms with van der Waals surface area (Å²) in [6.45, 7) is 7.99. The Labute approximate surface area is 121 Å². The Balaban J connectivity index is 2.03. The lowest BCUT2D eigenvalue weighted by Gasteiger charge is -2.36. The van der Waals surface area contributed by atoms with E-state index < -0.39 is 5.60 Å². The Morgan fingerprint density at radius 2 is 2.05 bits per heavy atom. The third kappa shape index (κ3) is 4.35. The van der Waals surface area contributed by atoms with Gasteiger partial charge >= 0.3 is 5.97 Å². The van der Waals surface area contributed by atoms with E-state index in [9.17, 15) is 4.79 Å². The van der Waals surface area contributed by atoms with Crippen LogP contribution in [0.1, 0.15) is 20.8 Å². The van der Waals surface area contributed by atoms with Crippen molar-refractivity contribution < 1.29 is 9.53 Å². The van der Waals surface area contributed by atoms with Gasteiger partial charge in [0.1, 0.15) is 11.6 Å². The minimum Gasteiger partial charge on any atom is -0.459 e. The lowest BCUT2D eigenvalue weighted by atomic mass is 9.78. The molecule has 0 bridgehead atoms. The van der Waals surface area contributed by atoms with E-state index >= 15 is 0 Å². The van der Waals surface area contributed by atoms with E-state index in [0.29, 0.717) is 6.54 Å². The van der Waals surface area contributed by atoms with Crippen molar-refractivity contribution in [2.24, 2.45) is 0 Å². The van der Waals surface area contributed by atoms with Gasteiger partial charge in [0.25, 0.3) is 0 Å². The molecule has 0 spiro atoms. The van der Waals surface area contributed by atoms with Gasteiger partial charge in [0.2, 0.25) is 7.41 Å². The molecule has 1 aliphatic rings. The molecule has 1 radical (unpaired) electrons. The fourth-order valence-electron chi connectivity index (χ4n) is 2.19. The number of nitrogens with one attached hydrogen (secondary N) is 1. The van der Waals surface area contributed by atoms with Crippen LogP contribution in [0.15, 0.2) is 30.3 Å². The van der Waals surface area contributed by atoms with Gasteiger partial charge in [-0.05, 0) is 20.8 Å². The van der Waals surface area contributed by atoms with Crippen molar-refractivity contribution >= 4 is 18.8 Å². The molecule has 1 atom stereocenters. The Bertz CT molecular complexity index is 445. The SMILES string of the molecule is CC(C)(C)OC(=O)C1CNCCN1[B]c1ccccc1. The average Bonchev–Trinajstić information content (AvgIpc) is 2.38. The highest BCUT2D eigenvalue weighted by atomic mass is 16.6. The smallest absolute Gasteiger partial charge is 0.324 e. The molecule has 4 nitrogen and oxygen atoms in total. The molecule has 1 aliphatic heterocycles. The molecule has 1 aromatic rings. The number of carbonyl (C=O) groups is 1. The summed E-state index contributed by atoms with van der Waals surface area (Å²) < 4.78 is 5.50. The first-order valence-electron chi connectivity index (χ1n) is 7.05. The summed E-state index contributed by atoms with van der Waals surface area (Å²) in [5, 5.41) is 3.25. The highest BCUT2D eigenvalue weighted by Gasteiger charge is 2.32. The van der Waals surface area contributed by atoms with E-state index in [4.69, 9.17) is 4.74 Å². The summed E-state index contributed by atoms with van der Waals surface area (Å²) in [6, 6.07) is 9.79. The predicted octanol–water partition coefficient (Wildman–Crippen LogP) is 0.547. The molecule has 2 rings (SSSR count). The zero-order valence-corrected chi connectivity index (χ0v) is 12.4. The molecule has 0 amide bonds. The average molecular weight is 273 g/mol. The minimum absolute atomic E-state index is 0.170. The highest BCUT2D eigenvalue weighted by molar-refractivity contribution is 6.51. The molecule has 1 aromatic carbocycles. The van der Waals surface area contributed by atoms with Crippen LogP contribution in [0.5, 0.6) is 0 Å². The molecule has 1 unspecified atom stereocenters. The third-order valence-electron chi connectivity index (χ3n) is 3.08. The molecule has 1 heterocycles. The Morgan fingerprint density at radius 3 is 2.70 bits per heavy atom. The molecule has 107 valence electrons. The van der Waals surface area contributed by atoms with Crippen molar-refractivity contribution in [1.29, 1.82) is 0 Å². The lowest BCUT2D eigenvalue weighted by molar-refractivity contribution is -0.160. The number of nitrogens with zero attached hydrogens (tertiary/aromatic N) is 1. The number of hydrogen-bond acceptors (Lipinski definition) is 4. The first kappa shape index (κ1) is 15.1. The van der Waals surface area contributed by atoms with Gasteiger partial charge in [0, 0.05) is 19.6 Å². The summed E-state index contributed by atoms with van der Waals surface area (Å²) in [6.07, 6.45) is 0. The lowest BCUT2D eigenvalue weighted by Crippen LogP contribution is -2.59. The highest BCUT2D eigenvalue weighted by Crippen LogP contribution is 2.12. The van der Waals surface area contributed by atoms with E-state index in [1.54, 1.807) is 0 Å². The quantitative estimate of drug-likeness (QED) is 0.645. The molecular weight excluding hydrogens is 251 g/mol. The van der Waals surface area contributed by atoms with Gasteiger partial charge in [-0.15, -0.1) is 0 Å². The van der Waals surface area contributed by atoms with Crippen LogP contribution >= 0.6 is 0 Å². The summed E-state index contributed by atoms with van der Waals surface area (Å²) in [4.78, 5) is 14.4. The fraction of sp³-hybridized carbons (Fsp3) is 0.533. The maximum Gasteiger partial charge on any atom is 0.324 e. The van der Waals surface area contributed by atoms with Crippen LogP contribution < -0.4 is 10.8 Å². The van der Waals surface area contributed by atoms with Gasteiger partial charge in [-0.3, -0.25) is 4.79 Å². The van der Waals surface area contributed by atoms with Crippen molar-refractivity contribution in [2.75, 3.05) is 19.6 Å². The van der Waals surface area contributed by atoms with Crippen LogP contribution in [0.3, 0.4) is 0 Å². The molecule has 0 aromatic heterocycles. The number of benzene rings is 1. The van der Waals surface area contributed by atoms with E-state index in [-0.39, 0.29) is 12.0 Å². The number of rotatable bonds is 3.